The molecule has 0 saturated carbocycles. The number of hydrogen-bond acceptors (Lipinski definition) is 5. The number of hydroxylamine groups is 1. The summed E-state index contributed by atoms with van der Waals surface area (Å²) in [5, 5.41) is 16.0. The first-order valence-corrected chi connectivity index (χ1v) is 7.79. The molecule has 1 aliphatic heterocycles. The number of hydrogen-bond donors (Lipinski definition) is 0. The van der Waals surface area contributed by atoms with E-state index in [1.165, 1.54) is 6.20 Å². The van der Waals surface area contributed by atoms with Crippen molar-refractivity contribution in [2.24, 2.45) is 5.11 Å². The van der Waals surface area contributed by atoms with Crippen molar-refractivity contribution in [3.8, 4) is 18.1 Å². The van der Waals surface area contributed by atoms with Crippen molar-refractivity contribution in [1.82, 2.24) is 0 Å². The second kappa shape index (κ2) is 7.95. The lowest BCUT2D eigenvalue weighted by Gasteiger charge is -2.22. The maximum atomic E-state index is 11.9. The molecule has 0 aliphatic carbocycles. The Hall–Kier alpha value is -2.36. The summed E-state index contributed by atoms with van der Waals surface area (Å²) in [4.78, 5) is 11.0. The van der Waals surface area contributed by atoms with Gasteiger partial charge in [-0.2, -0.15) is 0 Å². The molecule has 1 saturated heterocycles. The first-order valence-electron chi connectivity index (χ1n) is 7.79. The third-order valence-electron chi connectivity index (χ3n) is 3.86. The van der Waals surface area contributed by atoms with Crippen molar-refractivity contribution < 1.29 is 19.4 Å². The molecule has 6 heteroatoms. The van der Waals surface area contributed by atoms with Crippen LogP contribution in [0.3, 0.4) is 0 Å². The van der Waals surface area contributed by atoms with Gasteiger partial charge in [0, 0.05) is 12.5 Å². The van der Waals surface area contributed by atoms with Crippen LogP contribution in [0.15, 0.2) is 35.6 Å². The largest absolute Gasteiger partial charge is 0.595 e. The lowest BCUT2D eigenvalue weighted by molar-refractivity contribution is -0.465. The summed E-state index contributed by atoms with van der Waals surface area (Å²) in [7, 11) is 0. The summed E-state index contributed by atoms with van der Waals surface area (Å²) in [6.07, 6.45) is 8.85. The fourth-order valence-corrected chi connectivity index (χ4v) is 2.35. The molecule has 0 N–H and O–H groups in total. The molecule has 2 rings (SSSR count). The van der Waals surface area contributed by atoms with E-state index in [0.717, 1.165) is 5.56 Å². The molecule has 0 amide bonds. The number of nitrogens with zero attached hydrogens (tertiary/aromatic N) is 2. The first kappa shape index (κ1) is 18.0. The molecular formula is C18H22N2O4. The van der Waals surface area contributed by atoms with Crippen LogP contribution >= 0.6 is 0 Å². The molecule has 1 aliphatic rings. The van der Waals surface area contributed by atoms with Crippen molar-refractivity contribution in [3.05, 3.63) is 41.2 Å². The molecule has 0 spiro atoms. The molecule has 1 heterocycles. The predicted octanol–water partition coefficient (Wildman–Crippen LogP) is 3.52. The zero-order valence-electron chi connectivity index (χ0n) is 14.1. The van der Waals surface area contributed by atoms with E-state index in [-0.39, 0.29) is 18.8 Å². The molecule has 1 aromatic rings. The summed E-state index contributed by atoms with van der Waals surface area (Å²) in [6.45, 7) is 5.86. The van der Waals surface area contributed by atoms with E-state index in [0.29, 0.717) is 17.0 Å². The van der Waals surface area contributed by atoms with Crippen LogP contribution in [0.5, 0.6) is 5.75 Å². The smallest absolute Gasteiger partial charge is 0.210 e. The van der Waals surface area contributed by atoms with E-state index < -0.39 is 5.60 Å². The number of rotatable bonds is 6. The Morgan fingerprint density at radius 1 is 1.54 bits per heavy atom. The number of ether oxygens (including phenoxy) is 1. The first-order chi connectivity index (χ1) is 11.4. The maximum Gasteiger partial charge on any atom is 0.210 e. The fourth-order valence-electron chi connectivity index (χ4n) is 2.35. The molecule has 128 valence electrons. The maximum absolute atomic E-state index is 11.9. The lowest BCUT2D eigenvalue weighted by atomic mass is 9.93. The molecule has 24 heavy (non-hydrogen) atoms. The van der Waals surface area contributed by atoms with E-state index in [1.807, 2.05) is 32.9 Å². The normalized spacial score (nSPS) is 25.6. The zero-order valence-corrected chi connectivity index (χ0v) is 14.1. The highest BCUT2D eigenvalue weighted by atomic mass is 17.2. The molecule has 0 bridgehead atoms. The van der Waals surface area contributed by atoms with Gasteiger partial charge in [-0.25, -0.2) is 9.78 Å². The zero-order chi connectivity index (χ0) is 17.6. The van der Waals surface area contributed by atoms with Gasteiger partial charge in [0.05, 0.1) is 6.10 Å². The van der Waals surface area contributed by atoms with Gasteiger partial charge in [-0.1, -0.05) is 22.9 Å². The third-order valence-corrected chi connectivity index (χ3v) is 3.86. The quantitative estimate of drug-likeness (QED) is 0.263. The number of benzene rings is 1. The van der Waals surface area contributed by atoms with Crippen molar-refractivity contribution in [2.45, 2.75) is 44.9 Å². The van der Waals surface area contributed by atoms with E-state index in [4.69, 9.17) is 20.9 Å². The Kier molecular flexibility index (Phi) is 5.96. The number of terminal acetylenes is 1. The third kappa shape index (κ3) is 4.82. The monoisotopic (exact) mass is 330 g/mol. The van der Waals surface area contributed by atoms with Crippen LogP contribution in [0.4, 0.5) is 0 Å². The average Bonchev–Trinajstić information content (AvgIpc) is 2.92. The lowest BCUT2D eigenvalue weighted by Crippen LogP contribution is -2.36. The van der Waals surface area contributed by atoms with Gasteiger partial charge >= 0.3 is 0 Å². The summed E-state index contributed by atoms with van der Waals surface area (Å²) in [6, 6.07) is 6.91. The van der Waals surface area contributed by atoms with Crippen LogP contribution in [-0.4, -0.2) is 29.2 Å². The van der Waals surface area contributed by atoms with E-state index in [1.54, 1.807) is 18.2 Å². The highest BCUT2D eigenvalue weighted by molar-refractivity contribution is 5.49. The highest BCUT2D eigenvalue weighted by Crippen LogP contribution is 2.32. The van der Waals surface area contributed by atoms with Crippen molar-refractivity contribution in [3.63, 3.8) is 0 Å². The SMILES string of the molecule is C#CCOc1ccc(/C=C/[N+]([O-])=NC(C)C2(C)CC(C)OO2)cc1. The molecule has 0 aromatic heterocycles. The topological polar surface area (TPSA) is 66.1 Å². The van der Waals surface area contributed by atoms with Gasteiger partial charge in [-0.05, 0) is 43.6 Å². The van der Waals surface area contributed by atoms with E-state index in [9.17, 15) is 5.21 Å². The van der Waals surface area contributed by atoms with Crippen molar-refractivity contribution in [1.29, 1.82) is 0 Å². The summed E-state index contributed by atoms with van der Waals surface area (Å²) < 4.78 is 5.29. The molecule has 3 unspecified atom stereocenters. The molecule has 0 radical (unpaired) electrons. The standard InChI is InChI=1S/C18H22N2O4/c1-5-12-22-17-8-6-16(7-9-17)10-11-20(21)19-15(3)18(4)13-14(2)23-24-18/h1,6-11,14-15H,12-13H2,2-4H3/b11-10+,20-19?. The molecule has 1 aromatic carbocycles. The van der Waals surface area contributed by atoms with Crippen LogP contribution in [0, 0.1) is 17.6 Å². The Morgan fingerprint density at radius 2 is 2.25 bits per heavy atom. The van der Waals surface area contributed by atoms with Crippen LogP contribution in [0.25, 0.3) is 6.08 Å². The minimum atomic E-state index is -0.591. The van der Waals surface area contributed by atoms with Gasteiger partial charge in [0.1, 0.15) is 24.0 Å². The molecular weight excluding hydrogens is 308 g/mol. The van der Waals surface area contributed by atoms with Gasteiger partial charge in [-0.15, -0.1) is 6.42 Å². The van der Waals surface area contributed by atoms with Crippen LogP contribution in [0.2, 0.25) is 0 Å². The van der Waals surface area contributed by atoms with Crippen molar-refractivity contribution in [2.75, 3.05) is 6.61 Å². The fraction of sp³-hybridized carbons (Fsp3) is 0.444. The van der Waals surface area contributed by atoms with Crippen LogP contribution in [0.1, 0.15) is 32.8 Å². The summed E-state index contributed by atoms with van der Waals surface area (Å²) >= 11 is 0. The molecule has 3 atom stereocenters. The Labute approximate surface area is 142 Å². The molecule has 1 fully saturated rings. The van der Waals surface area contributed by atoms with Gasteiger partial charge in [0.25, 0.3) is 0 Å². The Balaban J connectivity index is 1.96. The van der Waals surface area contributed by atoms with Crippen molar-refractivity contribution >= 4 is 6.08 Å². The molecule has 6 nitrogen and oxygen atoms in total. The van der Waals surface area contributed by atoms with Gasteiger partial charge in [-0.3, -0.25) is 0 Å². The van der Waals surface area contributed by atoms with E-state index in [2.05, 4.69) is 11.0 Å². The van der Waals surface area contributed by atoms with Crippen LogP contribution < -0.4 is 4.74 Å². The van der Waals surface area contributed by atoms with Gasteiger partial charge in [0.15, 0.2) is 0 Å². The van der Waals surface area contributed by atoms with E-state index >= 15 is 0 Å². The highest BCUT2D eigenvalue weighted by Gasteiger charge is 2.43. The number of azo groups is 1. The second-order valence-corrected chi connectivity index (χ2v) is 5.98. The van der Waals surface area contributed by atoms with Crippen LogP contribution in [-0.2, 0) is 9.78 Å². The minimum absolute atomic E-state index is 0.00139. The summed E-state index contributed by atoms with van der Waals surface area (Å²) in [5.74, 6) is 3.09. The predicted molar refractivity (Wildman–Crippen MR) is 90.0 cm³/mol. The minimum Gasteiger partial charge on any atom is -0.595 e. The summed E-state index contributed by atoms with van der Waals surface area (Å²) in [5.41, 5.74) is 0.262. The second-order valence-electron chi connectivity index (χ2n) is 5.98. The van der Waals surface area contributed by atoms with Gasteiger partial charge < -0.3 is 9.94 Å². The van der Waals surface area contributed by atoms with Gasteiger partial charge in [0.2, 0.25) is 6.20 Å². The average molecular weight is 330 g/mol. The Bertz CT molecular complexity index is 648. The Morgan fingerprint density at radius 3 is 2.83 bits per heavy atom.